The van der Waals surface area contributed by atoms with Crippen LogP contribution in [-0.2, 0) is 11.2 Å². The minimum absolute atomic E-state index is 0.329. The summed E-state index contributed by atoms with van der Waals surface area (Å²) in [7, 11) is 0. The molecule has 1 aromatic rings. The van der Waals surface area contributed by atoms with Gasteiger partial charge in [-0.05, 0) is 30.5 Å². The molecule has 0 aliphatic heterocycles. The van der Waals surface area contributed by atoms with Gasteiger partial charge >= 0.3 is 5.97 Å². The summed E-state index contributed by atoms with van der Waals surface area (Å²) in [6.45, 7) is 3.73. The number of aryl methyl sites for hydroxylation is 1. The summed E-state index contributed by atoms with van der Waals surface area (Å²) in [5.74, 6) is -1.08. The van der Waals surface area contributed by atoms with Crippen molar-refractivity contribution in [2.45, 2.75) is 20.3 Å². The zero-order chi connectivity index (χ0) is 10.7. The van der Waals surface area contributed by atoms with Crippen molar-refractivity contribution in [2.75, 3.05) is 0 Å². The molecule has 0 radical (unpaired) electrons. The molecular formula is C11H13BrO2. The third-order valence-corrected chi connectivity index (χ3v) is 3.05. The van der Waals surface area contributed by atoms with E-state index >= 15 is 0 Å². The molecular weight excluding hydrogens is 244 g/mol. The van der Waals surface area contributed by atoms with E-state index in [0.29, 0.717) is 6.42 Å². The Balaban J connectivity index is 2.78. The largest absolute Gasteiger partial charge is 0.481 e. The van der Waals surface area contributed by atoms with Crippen LogP contribution < -0.4 is 0 Å². The molecule has 0 amide bonds. The lowest BCUT2D eigenvalue weighted by Crippen LogP contribution is -2.12. The molecule has 0 bridgehead atoms. The van der Waals surface area contributed by atoms with Crippen molar-refractivity contribution in [1.29, 1.82) is 0 Å². The Bertz CT molecular complexity index is 347. The Morgan fingerprint density at radius 2 is 2.21 bits per heavy atom. The van der Waals surface area contributed by atoms with Gasteiger partial charge in [-0.2, -0.15) is 0 Å². The number of carboxylic acid groups (broad SMARTS) is 1. The van der Waals surface area contributed by atoms with E-state index in [2.05, 4.69) is 15.9 Å². The maximum atomic E-state index is 10.6. The van der Waals surface area contributed by atoms with Crippen LogP contribution in [0.2, 0.25) is 0 Å². The Morgan fingerprint density at radius 3 is 2.71 bits per heavy atom. The van der Waals surface area contributed by atoms with E-state index in [9.17, 15) is 4.79 Å². The summed E-state index contributed by atoms with van der Waals surface area (Å²) in [5.41, 5.74) is 2.22. The van der Waals surface area contributed by atoms with Crippen molar-refractivity contribution >= 4 is 21.9 Å². The van der Waals surface area contributed by atoms with Crippen LogP contribution in [-0.4, -0.2) is 11.1 Å². The zero-order valence-electron chi connectivity index (χ0n) is 8.25. The smallest absolute Gasteiger partial charge is 0.306 e. The first kappa shape index (κ1) is 11.2. The van der Waals surface area contributed by atoms with Crippen LogP contribution in [0.25, 0.3) is 0 Å². The normalized spacial score (nSPS) is 12.5. The van der Waals surface area contributed by atoms with Crippen molar-refractivity contribution in [3.63, 3.8) is 0 Å². The van der Waals surface area contributed by atoms with Crippen LogP contribution in [0.15, 0.2) is 22.7 Å². The number of hydrogen-bond acceptors (Lipinski definition) is 1. The molecule has 0 heterocycles. The summed E-state index contributed by atoms with van der Waals surface area (Å²) in [6.07, 6.45) is 0.578. The van der Waals surface area contributed by atoms with Crippen LogP contribution in [0.3, 0.4) is 0 Å². The second kappa shape index (κ2) is 4.60. The number of benzene rings is 1. The van der Waals surface area contributed by atoms with Crippen LogP contribution in [0.4, 0.5) is 0 Å². The molecule has 76 valence electrons. The van der Waals surface area contributed by atoms with Crippen LogP contribution in [0.5, 0.6) is 0 Å². The predicted molar refractivity (Wildman–Crippen MR) is 59.4 cm³/mol. The fraction of sp³-hybridized carbons (Fsp3) is 0.364. The molecule has 14 heavy (non-hydrogen) atoms. The van der Waals surface area contributed by atoms with Crippen molar-refractivity contribution in [1.82, 2.24) is 0 Å². The first-order valence-corrected chi connectivity index (χ1v) is 5.28. The quantitative estimate of drug-likeness (QED) is 0.903. The lowest BCUT2D eigenvalue weighted by molar-refractivity contribution is -0.141. The number of rotatable bonds is 3. The highest BCUT2D eigenvalue weighted by atomic mass is 79.9. The molecule has 3 heteroatoms. The maximum absolute atomic E-state index is 10.6. The topological polar surface area (TPSA) is 37.3 Å². The molecule has 0 fully saturated rings. The van der Waals surface area contributed by atoms with E-state index in [-0.39, 0.29) is 5.92 Å². The molecule has 1 aromatic carbocycles. The fourth-order valence-corrected chi connectivity index (χ4v) is 1.63. The average Bonchev–Trinajstić information content (AvgIpc) is 2.11. The highest BCUT2D eigenvalue weighted by molar-refractivity contribution is 9.10. The highest BCUT2D eigenvalue weighted by Crippen LogP contribution is 2.19. The van der Waals surface area contributed by atoms with Gasteiger partial charge in [-0.25, -0.2) is 0 Å². The Kier molecular flexibility index (Phi) is 3.69. The molecule has 0 saturated carbocycles. The van der Waals surface area contributed by atoms with Gasteiger partial charge in [0.05, 0.1) is 5.92 Å². The minimum atomic E-state index is -0.748. The van der Waals surface area contributed by atoms with Crippen molar-refractivity contribution < 1.29 is 9.90 Å². The Labute approximate surface area is 92.1 Å². The van der Waals surface area contributed by atoms with Gasteiger partial charge in [-0.3, -0.25) is 4.79 Å². The molecule has 1 atom stereocenters. The standard InChI is InChI=1S/C11H13BrO2/c1-7-3-4-9(6-10(7)12)5-8(2)11(13)14/h3-4,6,8H,5H2,1-2H3,(H,13,14). The lowest BCUT2D eigenvalue weighted by Gasteiger charge is -2.07. The van der Waals surface area contributed by atoms with Gasteiger partial charge in [0, 0.05) is 4.47 Å². The monoisotopic (exact) mass is 256 g/mol. The number of carboxylic acids is 1. The van der Waals surface area contributed by atoms with Gasteiger partial charge in [-0.1, -0.05) is 35.0 Å². The molecule has 2 nitrogen and oxygen atoms in total. The predicted octanol–water partition coefficient (Wildman–Crippen LogP) is 3.02. The second-order valence-electron chi connectivity index (χ2n) is 3.53. The van der Waals surface area contributed by atoms with Crippen molar-refractivity contribution in [3.8, 4) is 0 Å². The van der Waals surface area contributed by atoms with E-state index in [0.717, 1.165) is 15.6 Å². The van der Waals surface area contributed by atoms with E-state index in [4.69, 9.17) is 5.11 Å². The molecule has 0 aliphatic rings. The molecule has 0 aromatic heterocycles. The summed E-state index contributed by atoms with van der Waals surface area (Å²) >= 11 is 3.43. The molecule has 1 rings (SSSR count). The molecule has 1 unspecified atom stereocenters. The fourth-order valence-electron chi connectivity index (χ4n) is 1.20. The maximum Gasteiger partial charge on any atom is 0.306 e. The van der Waals surface area contributed by atoms with E-state index in [1.54, 1.807) is 6.92 Å². The van der Waals surface area contributed by atoms with Crippen molar-refractivity contribution in [2.24, 2.45) is 5.92 Å². The highest BCUT2D eigenvalue weighted by Gasteiger charge is 2.11. The SMILES string of the molecule is Cc1ccc(CC(C)C(=O)O)cc1Br. The summed E-state index contributed by atoms with van der Waals surface area (Å²) in [5, 5.41) is 8.76. The van der Waals surface area contributed by atoms with Gasteiger partial charge in [0.1, 0.15) is 0 Å². The first-order chi connectivity index (χ1) is 6.50. The summed E-state index contributed by atoms with van der Waals surface area (Å²) < 4.78 is 1.03. The molecule has 0 spiro atoms. The van der Waals surface area contributed by atoms with Gasteiger partial charge in [0.25, 0.3) is 0 Å². The van der Waals surface area contributed by atoms with Gasteiger partial charge in [-0.15, -0.1) is 0 Å². The number of carbonyl (C=O) groups is 1. The van der Waals surface area contributed by atoms with Crippen LogP contribution >= 0.6 is 15.9 Å². The van der Waals surface area contributed by atoms with Crippen LogP contribution in [0, 0.1) is 12.8 Å². The zero-order valence-corrected chi connectivity index (χ0v) is 9.84. The third kappa shape index (κ3) is 2.84. The Hall–Kier alpha value is -0.830. The van der Waals surface area contributed by atoms with Crippen LogP contribution in [0.1, 0.15) is 18.1 Å². The van der Waals surface area contributed by atoms with Gasteiger partial charge in [0.15, 0.2) is 0 Å². The molecule has 0 saturated heterocycles. The van der Waals surface area contributed by atoms with Gasteiger partial charge < -0.3 is 5.11 Å². The Morgan fingerprint density at radius 1 is 1.57 bits per heavy atom. The van der Waals surface area contributed by atoms with Gasteiger partial charge in [0.2, 0.25) is 0 Å². The lowest BCUT2D eigenvalue weighted by atomic mass is 10.0. The molecule has 0 aliphatic carbocycles. The average molecular weight is 257 g/mol. The number of halogens is 1. The molecule has 1 N–H and O–H groups in total. The first-order valence-electron chi connectivity index (χ1n) is 4.48. The van der Waals surface area contributed by atoms with E-state index in [1.165, 1.54) is 0 Å². The number of aliphatic carboxylic acids is 1. The third-order valence-electron chi connectivity index (χ3n) is 2.20. The summed E-state index contributed by atoms with van der Waals surface area (Å²) in [6, 6.07) is 5.95. The van der Waals surface area contributed by atoms with Crippen molar-refractivity contribution in [3.05, 3.63) is 33.8 Å². The minimum Gasteiger partial charge on any atom is -0.481 e. The van der Waals surface area contributed by atoms with E-state index in [1.807, 2.05) is 25.1 Å². The van der Waals surface area contributed by atoms with E-state index < -0.39 is 5.97 Å². The summed E-state index contributed by atoms with van der Waals surface area (Å²) in [4.78, 5) is 10.6. The second-order valence-corrected chi connectivity index (χ2v) is 4.38. The number of hydrogen-bond donors (Lipinski definition) is 1.